The molecule has 1 aromatic carbocycles. The van der Waals surface area contributed by atoms with E-state index in [0.29, 0.717) is 0 Å². The molecule has 2 amide bonds. The number of halogens is 1. The molecule has 0 fully saturated rings. The van der Waals surface area contributed by atoms with Crippen LogP contribution in [0.4, 0.5) is 9.18 Å². The summed E-state index contributed by atoms with van der Waals surface area (Å²) in [5.74, 6) is -2.97. The molecule has 2 atom stereocenters. The number of nitrogens with two attached hydrogens (primary N) is 1. The minimum absolute atomic E-state index is 0.0662. The predicted octanol–water partition coefficient (Wildman–Crippen LogP) is 1.08. The number of alkyl carbamates (subject to hydrolysis) is 1. The third kappa shape index (κ3) is 13.6. The monoisotopic (exact) mass is 443 g/mol. The number of carbonyl (C=O) groups excluding carboxylic acids is 2. The average Bonchev–Trinajstić information content (AvgIpc) is 2.66. The average molecular weight is 443 g/mol. The van der Waals surface area contributed by atoms with Crippen molar-refractivity contribution >= 4 is 23.9 Å². The first-order valence-electron chi connectivity index (χ1n) is 9.44. The van der Waals surface area contributed by atoms with Crippen molar-refractivity contribution in [3.05, 3.63) is 35.9 Å². The SMILES string of the molecule is CC(C)(C)OC(=O)NC(CCF)C(=O)NC(Cc1ccccc1)C(=O)O.NCC(=O)O. The van der Waals surface area contributed by atoms with Gasteiger partial charge in [-0.1, -0.05) is 30.3 Å². The van der Waals surface area contributed by atoms with Crippen molar-refractivity contribution in [2.75, 3.05) is 13.2 Å². The summed E-state index contributed by atoms with van der Waals surface area (Å²) in [6.45, 7) is 3.82. The van der Waals surface area contributed by atoms with Crippen LogP contribution in [-0.4, -0.2) is 65.1 Å². The van der Waals surface area contributed by atoms with E-state index in [4.69, 9.17) is 9.84 Å². The maximum atomic E-state index is 12.7. The van der Waals surface area contributed by atoms with Crippen LogP contribution < -0.4 is 16.4 Å². The lowest BCUT2D eigenvalue weighted by molar-refractivity contribution is -0.142. The van der Waals surface area contributed by atoms with E-state index in [0.717, 1.165) is 5.56 Å². The molecule has 0 saturated carbocycles. The van der Waals surface area contributed by atoms with E-state index >= 15 is 0 Å². The smallest absolute Gasteiger partial charge is 0.408 e. The molecule has 31 heavy (non-hydrogen) atoms. The first-order chi connectivity index (χ1) is 14.4. The molecule has 1 rings (SSSR count). The molecular weight excluding hydrogens is 413 g/mol. The van der Waals surface area contributed by atoms with Gasteiger partial charge in [0.15, 0.2) is 0 Å². The van der Waals surface area contributed by atoms with Gasteiger partial charge in [0.1, 0.15) is 17.7 Å². The molecule has 0 aliphatic carbocycles. The molecule has 10 nitrogen and oxygen atoms in total. The van der Waals surface area contributed by atoms with Gasteiger partial charge in [0.05, 0.1) is 13.2 Å². The fraction of sp³-hybridized carbons (Fsp3) is 0.500. The number of carboxylic acid groups (broad SMARTS) is 2. The number of rotatable bonds is 9. The summed E-state index contributed by atoms with van der Waals surface area (Å²) in [6, 6.07) is 6.35. The van der Waals surface area contributed by atoms with Crippen LogP contribution in [0.2, 0.25) is 0 Å². The number of hydrogen-bond donors (Lipinski definition) is 5. The second kappa shape index (κ2) is 13.9. The molecule has 0 aromatic heterocycles. The van der Waals surface area contributed by atoms with Gasteiger partial charge in [0.25, 0.3) is 0 Å². The summed E-state index contributed by atoms with van der Waals surface area (Å²) in [6.07, 6.45) is -1.10. The van der Waals surface area contributed by atoms with Crippen molar-refractivity contribution in [2.24, 2.45) is 5.73 Å². The van der Waals surface area contributed by atoms with Crippen molar-refractivity contribution in [3.8, 4) is 0 Å². The van der Waals surface area contributed by atoms with Gasteiger partial charge in [-0.05, 0) is 26.3 Å². The summed E-state index contributed by atoms with van der Waals surface area (Å²) < 4.78 is 17.8. The normalized spacial score (nSPS) is 12.4. The van der Waals surface area contributed by atoms with Crippen molar-refractivity contribution in [2.45, 2.75) is 51.3 Å². The molecule has 0 heterocycles. The quantitative estimate of drug-likeness (QED) is 0.378. The third-order valence-corrected chi connectivity index (χ3v) is 3.48. The molecular formula is C20H30FN3O7. The van der Waals surface area contributed by atoms with Gasteiger partial charge in [-0.3, -0.25) is 14.0 Å². The van der Waals surface area contributed by atoms with Crippen molar-refractivity contribution in [1.82, 2.24) is 10.6 Å². The second-order valence-electron chi connectivity index (χ2n) is 7.36. The topological polar surface area (TPSA) is 168 Å². The Balaban J connectivity index is 0.00000161. The number of ether oxygens (including phenoxy) is 1. The summed E-state index contributed by atoms with van der Waals surface area (Å²) in [5.41, 5.74) is 4.52. The Hall–Kier alpha value is -3.21. The molecule has 0 spiro atoms. The molecule has 0 bridgehead atoms. The number of benzene rings is 1. The Morgan fingerprint density at radius 2 is 1.61 bits per heavy atom. The lowest BCUT2D eigenvalue weighted by Crippen LogP contribution is -2.53. The van der Waals surface area contributed by atoms with Gasteiger partial charge >= 0.3 is 18.0 Å². The number of amides is 2. The summed E-state index contributed by atoms with van der Waals surface area (Å²) in [7, 11) is 0. The maximum Gasteiger partial charge on any atom is 0.408 e. The Morgan fingerprint density at radius 3 is 2.03 bits per heavy atom. The molecule has 6 N–H and O–H groups in total. The Kier molecular flexibility index (Phi) is 12.5. The Labute approximate surface area is 179 Å². The van der Waals surface area contributed by atoms with Crippen LogP contribution in [0.1, 0.15) is 32.8 Å². The molecule has 1 aromatic rings. The number of alkyl halides is 1. The van der Waals surface area contributed by atoms with Crippen LogP contribution in [0.3, 0.4) is 0 Å². The van der Waals surface area contributed by atoms with Crippen molar-refractivity contribution in [1.29, 1.82) is 0 Å². The van der Waals surface area contributed by atoms with E-state index in [1.807, 2.05) is 0 Å². The molecule has 0 aliphatic rings. The number of hydrogen-bond acceptors (Lipinski definition) is 6. The summed E-state index contributed by atoms with van der Waals surface area (Å²) in [4.78, 5) is 44.8. The van der Waals surface area contributed by atoms with Crippen molar-refractivity contribution in [3.63, 3.8) is 0 Å². The number of aliphatic carboxylic acids is 2. The third-order valence-electron chi connectivity index (χ3n) is 3.48. The van der Waals surface area contributed by atoms with Gasteiger partial charge in [0, 0.05) is 12.8 Å². The molecule has 11 heteroatoms. The van der Waals surface area contributed by atoms with Gasteiger partial charge in [0.2, 0.25) is 5.91 Å². The molecule has 174 valence electrons. The molecule has 0 radical (unpaired) electrons. The Morgan fingerprint density at radius 1 is 1.06 bits per heavy atom. The predicted molar refractivity (Wildman–Crippen MR) is 110 cm³/mol. The highest BCUT2D eigenvalue weighted by Crippen LogP contribution is 2.08. The number of nitrogens with one attached hydrogen (secondary N) is 2. The molecule has 0 aliphatic heterocycles. The standard InChI is InChI=1S/C18H25FN2O5.C2H5NO2/c1-18(2,3)26-17(25)21-13(9-10-19)15(22)20-14(16(23)24)11-12-7-5-4-6-8-12;3-1-2(4)5/h4-8,13-14H,9-11H2,1-3H3,(H,20,22)(H,21,25)(H,23,24);1,3H2,(H,4,5). The highest BCUT2D eigenvalue weighted by molar-refractivity contribution is 5.89. The van der Waals surface area contributed by atoms with Gasteiger partial charge in [-0.15, -0.1) is 0 Å². The van der Waals surface area contributed by atoms with Crippen LogP contribution in [0.15, 0.2) is 30.3 Å². The van der Waals surface area contributed by atoms with E-state index in [9.17, 15) is 28.7 Å². The zero-order valence-corrected chi connectivity index (χ0v) is 17.8. The number of carboxylic acids is 2. The summed E-state index contributed by atoms with van der Waals surface area (Å²) >= 11 is 0. The zero-order chi connectivity index (χ0) is 24.0. The fourth-order valence-electron chi connectivity index (χ4n) is 2.15. The van der Waals surface area contributed by atoms with Crippen LogP contribution in [0.25, 0.3) is 0 Å². The lowest BCUT2D eigenvalue weighted by Gasteiger charge is -2.24. The summed E-state index contributed by atoms with van der Waals surface area (Å²) in [5, 5.41) is 21.5. The van der Waals surface area contributed by atoms with E-state index in [-0.39, 0.29) is 19.4 Å². The highest BCUT2D eigenvalue weighted by atomic mass is 19.1. The largest absolute Gasteiger partial charge is 0.480 e. The lowest BCUT2D eigenvalue weighted by atomic mass is 10.1. The maximum absolute atomic E-state index is 12.7. The Bertz CT molecular complexity index is 723. The highest BCUT2D eigenvalue weighted by Gasteiger charge is 2.28. The van der Waals surface area contributed by atoms with E-state index < -0.39 is 48.3 Å². The van der Waals surface area contributed by atoms with Crippen LogP contribution in [0.5, 0.6) is 0 Å². The molecule has 2 unspecified atom stereocenters. The van der Waals surface area contributed by atoms with E-state index in [2.05, 4.69) is 16.4 Å². The van der Waals surface area contributed by atoms with Crippen LogP contribution >= 0.6 is 0 Å². The van der Waals surface area contributed by atoms with Crippen LogP contribution in [-0.2, 0) is 25.5 Å². The number of carbonyl (C=O) groups is 4. The van der Waals surface area contributed by atoms with E-state index in [1.54, 1.807) is 51.1 Å². The van der Waals surface area contributed by atoms with Gasteiger partial charge < -0.3 is 31.3 Å². The molecule has 0 saturated heterocycles. The van der Waals surface area contributed by atoms with Crippen LogP contribution in [0, 0.1) is 0 Å². The van der Waals surface area contributed by atoms with E-state index in [1.165, 1.54) is 0 Å². The first-order valence-corrected chi connectivity index (χ1v) is 9.44. The minimum Gasteiger partial charge on any atom is -0.480 e. The first kappa shape index (κ1) is 27.8. The van der Waals surface area contributed by atoms with Crippen molar-refractivity contribution < 1.29 is 38.5 Å². The van der Waals surface area contributed by atoms with Gasteiger partial charge in [-0.25, -0.2) is 9.59 Å². The minimum atomic E-state index is -1.23. The zero-order valence-electron chi connectivity index (χ0n) is 17.8. The fourth-order valence-corrected chi connectivity index (χ4v) is 2.15. The van der Waals surface area contributed by atoms with Gasteiger partial charge in [-0.2, -0.15) is 0 Å². The second-order valence-corrected chi connectivity index (χ2v) is 7.36.